The summed E-state index contributed by atoms with van der Waals surface area (Å²) < 4.78 is 16.7. The van der Waals surface area contributed by atoms with E-state index in [0.717, 1.165) is 56.3 Å². The summed E-state index contributed by atoms with van der Waals surface area (Å²) in [5.74, 6) is 0.987. The number of halogens is 2. The number of H-pyrrole nitrogens is 1. The number of aromatic nitrogens is 3. The van der Waals surface area contributed by atoms with Gasteiger partial charge in [-0.2, -0.15) is 4.98 Å². The molecule has 8 nitrogen and oxygen atoms in total. The Morgan fingerprint density at radius 2 is 1.98 bits per heavy atom. The van der Waals surface area contributed by atoms with Crippen molar-refractivity contribution in [1.29, 1.82) is 5.41 Å². The summed E-state index contributed by atoms with van der Waals surface area (Å²) in [5, 5.41) is 12.1. The molecule has 11 heteroatoms. The number of nitrogens with one attached hydrogen (secondary N) is 3. The lowest BCUT2D eigenvalue weighted by molar-refractivity contribution is 0.320. The van der Waals surface area contributed by atoms with Gasteiger partial charge >= 0.3 is 5.69 Å². The molecule has 3 heterocycles. The molecule has 4 aromatic rings. The van der Waals surface area contributed by atoms with Gasteiger partial charge in [0, 0.05) is 41.0 Å². The highest BCUT2D eigenvalue weighted by Gasteiger charge is 2.28. The van der Waals surface area contributed by atoms with Crippen LogP contribution >= 0.6 is 23.4 Å². The van der Waals surface area contributed by atoms with Crippen molar-refractivity contribution in [2.75, 3.05) is 5.75 Å². The fourth-order valence-electron chi connectivity index (χ4n) is 6.30. The molecule has 2 aromatic carbocycles. The molecule has 0 bridgehead atoms. The second kappa shape index (κ2) is 13.4. The van der Waals surface area contributed by atoms with E-state index < -0.39 is 11.5 Å². The quantitative estimate of drug-likeness (QED) is 0.0950. The fraction of sp³-hybridized carbons (Fsp3) is 0.424. The van der Waals surface area contributed by atoms with Crippen molar-refractivity contribution >= 4 is 39.6 Å². The van der Waals surface area contributed by atoms with Crippen molar-refractivity contribution in [3.05, 3.63) is 81.1 Å². The third kappa shape index (κ3) is 7.20. The normalized spacial score (nSPS) is 19.3. The lowest BCUT2D eigenvalue weighted by Crippen LogP contribution is -2.37. The molecule has 0 unspecified atom stereocenters. The Morgan fingerprint density at radius 3 is 2.73 bits per heavy atom. The van der Waals surface area contributed by atoms with Crippen molar-refractivity contribution in [3.63, 3.8) is 0 Å². The van der Waals surface area contributed by atoms with Gasteiger partial charge in [-0.3, -0.25) is 9.98 Å². The number of piperidine rings is 1. The number of benzene rings is 2. The molecular weight excluding hydrogens is 597 g/mol. The molecule has 6 rings (SSSR count). The maximum atomic E-state index is 15.2. The van der Waals surface area contributed by atoms with Gasteiger partial charge in [0.05, 0.1) is 16.4 Å². The Morgan fingerprint density at radius 1 is 1.18 bits per heavy atom. The minimum absolute atomic E-state index is 0.0731. The zero-order valence-corrected chi connectivity index (χ0v) is 26.2. The number of hydrogen-bond donors (Lipinski definition) is 5. The van der Waals surface area contributed by atoms with Gasteiger partial charge in [0.1, 0.15) is 5.65 Å². The molecule has 1 saturated heterocycles. The summed E-state index contributed by atoms with van der Waals surface area (Å²) in [5.41, 5.74) is 15.4. The number of hydrogen-bond acceptors (Lipinski definition) is 6. The van der Waals surface area contributed by atoms with Gasteiger partial charge in [-0.1, -0.05) is 41.9 Å². The Balaban J connectivity index is 1.18. The number of aryl methyl sites for hydroxylation is 1. The van der Waals surface area contributed by atoms with Crippen LogP contribution in [-0.4, -0.2) is 37.5 Å². The Bertz CT molecular complexity index is 1700. The number of amidine groups is 1. The van der Waals surface area contributed by atoms with E-state index in [2.05, 4.69) is 27.4 Å². The van der Waals surface area contributed by atoms with Crippen molar-refractivity contribution in [1.82, 2.24) is 19.9 Å². The lowest BCUT2D eigenvalue weighted by Gasteiger charge is -2.31. The van der Waals surface area contributed by atoms with E-state index in [-0.39, 0.29) is 22.3 Å². The average Bonchev–Trinajstić information content (AvgIpc) is 3.78. The number of nitrogens with zero attached hydrogens (tertiary/aromatic N) is 2. The summed E-state index contributed by atoms with van der Waals surface area (Å²) in [6.07, 6.45) is 11.1. The predicted molar refractivity (Wildman–Crippen MR) is 178 cm³/mol. The molecule has 1 aliphatic heterocycles. The van der Waals surface area contributed by atoms with Crippen molar-refractivity contribution < 1.29 is 4.39 Å². The van der Waals surface area contributed by atoms with Gasteiger partial charge in [0.15, 0.2) is 11.0 Å². The molecule has 0 spiro atoms. The van der Waals surface area contributed by atoms with Crippen LogP contribution in [0, 0.1) is 17.1 Å². The predicted octanol–water partition coefficient (Wildman–Crippen LogP) is 6.43. The second-order valence-corrected chi connectivity index (χ2v) is 13.7. The summed E-state index contributed by atoms with van der Waals surface area (Å²) in [7, 11) is 0. The maximum Gasteiger partial charge on any atom is 0.354 e. The van der Waals surface area contributed by atoms with E-state index in [0.29, 0.717) is 39.9 Å². The van der Waals surface area contributed by atoms with Crippen LogP contribution in [0.15, 0.2) is 53.5 Å². The monoisotopic (exact) mass is 635 g/mol. The molecule has 0 amide bonds. The van der Waals surface area contributed by atoms with Gasteiger partial charge < -0.3 is 21.8 Å². The van der Waals surface area contributed by atoms with Gasteiger partial charge in [0.2, 0.25) is 0 Å². The van der Waals surface area contributed by atoms with Gasteiger partial charge in [-0.15, -0.1) is 0 Å². The first kappa shape index (κ1) is 30.8. The standard InChI is InChI=1S/C33H39ClFN7OS/c34-26-16-19(3-1-5-27(36)20-7-8-20)15-25(30(26)35)29-17-22-18-42(33(43)41-31(22)40-29)24-11-9-21(10-12-24)28-6-2-4-23(39-28)13-14-44-32(37)38/h9-12,15-18,20,23,27-28,39H,1-8,13-14,36H2,(H3,37,38)(H,40,41,43)/t23-,27+,28-/m0/s1. The first-order valence-electron chi connectivity index (χ1n) is 15.4. The van der Waals surface area contributed by atoms with Crippen LogP contribution in [-0.2, 0) is 6.42 Å². The second-order valence-electron chi connectivity index (χ2n) is 12.2. The zero-order chi connectivity index (χ0) is 30.8. The highest BCUT2D eigenvalue weighted by atomic mass is 35.5. The number of aromatic amines is 1. The summed E-state index contributed by atoms with van der Waals surface area (Å²) >= 11 is 7.69. The van der Waals surface area contributed by atoms with E-state index in [1.807, 2.05) is 24.3 Å². The largest absolute Gasteiger partial charge is 0.379 e. The first-order chi connectivity index (χ1) is 21.2. The fourth-order valence-corrected chi connectivity index (χ4v) is 7.16. The average molecular weight is 636 g/mol. The molecule has 232 valence electrons. The van der Waals surface area contributed by atoms with Crippen LogP contribution < -0.4 is 22.5 Å². The van der Waals surface area contributed by atoms with Crippen LogP contribution in [0.25, 0.3) is 28.0 Å². The summed E-state index contributed by atoms with van der Waals surface area (Å²) in [6.45, 7) is 0. The Hall–Kier alpha value is -3.18. The summed E-state index contributed by atoms with van der Waals surface area (Å²) in [4.78, 5) is 20.4. The molecule has 7 N–H and O–H groups in total. The van der Waals surface area contributed by atoms with Gasteiger partial charge in [-0.05, 0) is 98.7 Å². The third-order valence-corrected chi connectivity index (χ3v) is 9.92. The van der Waals surface area contributed by atoms with E-state index in [1.165, 1.54) is 34.7 Å². The van der Waals surface area contributed by atoms with Crippen molar-refractivity contribution in [3.8, 4) is 16.9 Å². The molecule has 2 aromatic heterocycles. The molecule has 2 aliphatic rings. The molecular formula is C33H39ClFN7OS. The van der Waals surface area contributed by atoms with Crippen LogP contribution in [0.2, 0.25) is 5.02 Å². The van der Waals surface area contributed by atoms with Crippen LogP contribution in [0.5, 0.6) is 0 Å². The van der Waals surface area contributed by atoms with Gasteiger partial charge in [-0.25, -0.2) is 9.18 Å². The lowest BCUT2D eigenvalue weighted by atomic mass is 9.92. The molecule has 44 heavy (non-hydrogen) atoms. The van der Waals surface area contributed by atoms with Crippen LogP contribution in [0.4, 0.5) is 4.39 Å². The summed E-state index contributed by atoms with van der Waals surface area (Å²) in [6, 6.07) is 14.2. The number of rotatable bonds is 11. The minimum atomic E-state index is -0.501. The van der Waals surface area contributed by atoms with Crippen LogP contribution in [0.1, 0.15) is 68.5 Å². The Kier molecular flexibility index (Phi) is 9.42. The number of thioether (sulfide) groups is 1. The molecule has 1 saturated carbocycles. The highest BCUT2D eigenvalue weighted by molar-refractivity contribution is 8.13. The Labute approximate surface area is 265 Å². The van der Waals surface area contributed by atoms with Gasteiger partial charge in [0.25, 0.3) is 0 Å². The SMILES string of the molecule is N=C(N)SCC[C@@H]1CCC[C@@H](c2ccc(-n3cc4cc(-c5cc(CCC[C@@H](N)C6CC6)cc(Cl)c5F)[nH]c4nc3=O)cc2)N1. The molecule has 2 fully saturated rings. The minimum Gasteiger partial charge on any atom is -0.379 e. The smallest absolute Gasteiger partial charge is 0.354 e. The van der Waals surface area contributed by atoms with E-state index in [4.69, 9.17) is 28.5 Å². The van der Waals surface area contributed by atoms with E-state index in [1.54, 1.807) is 12.3 Å². The van der Waals surface area contributed by atoms with Crippen LogP contribution in [0.3, 0.4) is 0 Å². The molecule has 1 aliphatic carbocycles. The van der Waals surface area contributed by atoms with E-state index in [9.17, 15) is 4.79 Å². The third-order valence-electron chi connectivity index (χ3n) is 8.90. The number of fused-ring (bicyclic) bond motifs is 1. The van der Waals surface area contributed by atoms with Crippen molar-refractivity contribution in [2.24, 2.45) is 17.4 Å². The maximum absolute atomic E-state index is 15.2. The van der Waals surface area contributed by atoms with Crippen molar-refractivity contribution in [2.45, 2.75) is 75.9 Å². The highest BCUT2D eigenvalue weighted by Crippen LogP contribution is 2.35. The topological polar surface area (TPSA) is 139 Å². The molecule has 0 radical (unpaired) electrons. The van der Waals surface area contributed by atoms with E-state index >= 15 is 4.39 Å². The zero-order valence-electron chi connectivity index (χ0n) is 24.6. The first-order valence-corrected chi connectivity index (χ1v) is 16.8. The molecule has 3 atom stereocenters. The number of nitrogens with two attached hydrogens (primary N) is 2.